The molecule has 2 aromatic carbocycles. The molecule has 0 amide bonds. The van der Waals surface area contributed by atoms with Crippen molar-refractivity contribution in [3.8, 4) is 22.6 Å². The maximum absolute atomic E-state index is 5.81. The summed E-state index contributed by atoms with van der Waals surface area (Å²) in [4.78, 5) is 1.34. The van der Waals surface area contributed by atoms with Crippen molar-refractivity contribution in [1.29, 1.82) is 0 Å². The Labute approximate surface area is 129 Å². The van der Waals surface area contributed by atoms with Crippen LogP contribution in [-0.4, -0.2) is 7.05 Å². The lowest BCUT2D eigenvalue weighted by Gasteiger charge is -2.06. The van der Waals surface area contributed by atoms with E-state index in [1.54, 1.807) is 11.3 Å². The predicted octanol–water partition coefficient (Wildman–Crippen LogP) is 4.93. The molecule has 1 aromatic heterocycles. The zero-order valence-corrected chi connectivity index (χ0v) is 12.7. The lowest BCUT2D eigenvalue weighted by molar-refractivity contribution is 0.483. The molecule has 106 valence electrons. The average Bonchev–Trinajstić information content (AvgIpc) is 2.98. The molecule has 0 aliphatic carbocycles. The van der Waals surface area contributed by atoms with E-state index in [1.165, 1.54) is 16.0 Å². The van der Waals surface area contributed by atoms with Crippen LogP contribution in [0.25, 0.3) is 11.1 Å². The highest BCUT2D eigenvalue weighted by atomic mass is 32.1. The van der Waals surface area contributed by atoms with Gasteiger partial charge in [-0.25, -0.2) is 0 Å². The summed E-state index contributed by atoms with van der Waals surface area (Å²) in [5.74, 6) is 1.72. The lowest BCUT2D eigenvalue weighted by atomic mass is 10.1. The van der Waals surface area contributed by atoms with Crippen molar-refractivity contribution in [3.05, 3.63) is 70.9 Å². The molecule has 21 heavy (non-hydrogen) atoms. The van der Waals surface area contributed by atoms with Crippen LogP contribution < -0.4 is 10.1 Å². The highest BCUT2D eigenvalue weighted by Crippen LogP contribution is 2.28. The van der Waals surface area contributed by atoms with Gasteiger partial charge in [-0.2, -0.15) is 0 Å². The third-order valence-corrected chi connectivity index (χ3v) is 4.11. The van der Waals surface area contributed by atoms with E-state index in [0.29, 0.717) is 0 Å². The fourth-order valence-electron chi connectivity index (χ4n) is 2.14. The summed E-state index contributed by atoms with van der Waals surface area (Å²) < 4.78 is 5.81. The van der Waals surface area contributed by atoms with Crippen molar-refractivity contribution < 1.29 is 4.74 Å². The van der Waals surface area contributed by atoms with Gasteiger partial charge in [0.25, 0.3) is 0 Å². The summed E-state index contributed by atoms with van der Waals surface area (Å²) in [5, 5.41) is 5.37. The Hall–Kier alpha value is -2.10. The second-order valence-corrected chi connectivity index (χ2v) is 5.77. The molecule has 3 heteroatoms. The molecule has 0 radical (unpaired) electrons. The van der Waals surface area contributed by atoms with Crippen molar-refractivity contribution in [2.45, 2.75) is 6.54 Å². The minimum Gasteiger partial charge on any atom is -0.457 e. The Balaban J connectivity index is 1.74. The molecule has 0 atom stereocenters. The van der Waals surface area contributed by atoms with E-state index in [0.717, 1.165) is 18.0 Å². The van der Waals surface area contributed by atoms with E-state index in [2.05, 4.69) is 28.9 Å². The summed E-state index contributed by atoms with van der Waals surface area (Å²) in [7, 11) is 1.97. The first kappa shape index (κ1) is 13.9. The van der Waals surface area contributed by atoms with Gasteiger partial charge < -0.3 is 10.1 Å². The Morgan fingerprint density at radius 3 is 2.33 bits per heavy atom. The van der Waals surface area contributed by atoms with Crippen LogP contribution in [0.2, 0.25) is 0 Å². The van der Waals surface area contributed by atoms with Crippen molar-refractivity contribution in [2.75, 3.05) is 7.05 Å². The van der Waals surface area contributed by atoms with Gasteiger partial charge in [0.15, 0.2) is 0 Å². The number of hydrogen-bond acceptors (Lipinski definition) is 3. The SMILES string of the molecule is CNCc1cc(-c2ccc(Oc3ccccc3)cc2)cs1. The normalized spacial score (nSPS) is 10.5. The number of thiophene rings is 1. The highest BCUT2D eigenvalue weighted by molar-refractivity contribution is 7.10. The molecule has 0 saturated heterocycles. The van der Waals surface area contributed by atoms with Crippen LogP contribution in [0.15, 0.2) is 66.0 Å². The van der Waals surface area contributed by atoms with E-state index < -0.39 is 0 Å². The molecule has 0 unspecified atom stereocenters. The molecule has 1 heterocycles. The monoisotopic (exact) mass is 295 g/mol. The number of para-hydroxylation sites is 1. The quantitative estimate of drug-likeness (QED) is 0.721. The zero-order chi connectivity index (χ0) is 14.5. The molecule has 0 spiro atoms. The summed E-state index contributed by atoms with van der Waals surface area (Å²) in [5.41, 5.74) is 2.48. The van der Waals surface area contributed by atoms with Crippen molar-refractivity contribution in [3.63, 3.8) is 0 Å². The van der Waals surface area contributed by atoms with E-state index in [9.17, 15) is 0 Å². The average molecular weight is 295 g/mol. The molecule has 3 aromatic rings. The molecule has 0 bridgehead atoms. The third-order valence-electron chi connectivity index (χ3n) is 3.17. The van der Waals surface area contributed by atoms with Crippen LogP contribution in [0.3, 0.4) is 0 Å². The summed E-state index contributed by atoms with van der Waals surface area (Å²) >= 11 is 1.78. The first-order valence-corrected chi connectivity index (χ1v) is 7.78. The lowest BCUT2D eigenvalue weighted by Crippen LogP contribution is -2.02. The van der Waals surface area contributed by atoms with Gasteiger partial charge in [0, 0.05) is 11.4 Å². The molecule has 2 nitrogen and oxygen atoms in total. The van der Waals surface area contributed by atoms with Crippen molar-refractivity contribution in [2.24, 2.45) is 0 Å². The standard InChI is InChI=1S/C18H17NOS/c1-19-12-18-11-15(13-21-18)14-7-9-17(10-8-14)20-16-5-3-2-4-6-16/h2-11,13,19H,12H2,1H3. The van der Waals surface area contributed by atoms with Gasteiger partial charge in [0.1, 0.15) is 11.5 Å². The molecule has 0 fully saturated rings. The van der Waals surface area contributed by atoms with E-state index in [1.807, 2.05) is 49.5 Å². The van der Waals surface area contributed by atoms with E-state index in [-0.39, 0.29) is 0 Å². The molecular weight excluding hydrogens is 278 g/mol. The first-order chi connectivity index (χ1) is 10.3. The Bertz CT molecular complexity index is 689. The van der Waals surface area contributed by atoms with Gasteiger partial charge in [-0.05, 0) is 53.9 Å². The number of rotatable bonds is 5. The highest BCUT2D eigenvalue weighted by Gasteiger charge is 2.03. The van der Waals surface area contributed by atoms with Gasteiger partial charge in [-0.1, -0.05) is 30.3 Å². The Morgan fingerprint density at radius 1 is 0.905 bits per heavy atom. The van der Waals surface area contributed by atoms with Gasteiger partial charge >= 0.3 is 0 Å². The van der Waals surface area contributed by atoms with Gasteiger partial charge in [-0.3, -0.25) is 0 Å². The van der Waals surface area contributed by atoms with Gasteiger partial charge in [0.2, 0.25) is 0 Å². The summed E-state index contributed by atoms with van der Waals surface area (Å²) in [6.45, 7) is 0.917. The van der Waals surface area contributed by atoms with Crippen LogP contribution in [0.1, 0.15) is 4.88 Å². The second-order valence-electron chi connectivity index (χ2n) is 4.77. The van der Waals surface area contributed by atoms with E-state index >= 15 is 0 Å². The zero-order valence-electron chi connectivity index (χ0n) is 11.9. The maximum Gasteiger partial charge on any atom is 0.127 e. The predicted molar refractivity (Wildman–Crippen MR) is 89.0 cm³/mol. The second kappa shape index (κ2) is 6.57. The number of benzene rings is 2. The number of nitrogens with one attached hydrogen (secondary N) is 1. The Kier molecular flexibility index (Phi) is 4.34. The minimum absolute atomic E-state index is 0.857. The fourth-order valence-corrected chi connectivity index (χ4v) is 3.04. The topological polar surface area (TPSA) is 21.3 Å². The molecule has 0 aliphatic rings. The van der Waals surface area contributed by atoms with Crippen LogP contribution in [-0.2, 0) is 6.54 Å². The molecular formula is C18H17NOS. The molecule has 3 rings (SSSR count). The smallest absolute Gasteiger partial charge is 0.127 e. The minimum atomic E-state index is 0.857. The summed E-state index contributed by atoms with van der Waals surface area (Å²) in [6.07, 6.45) is 0. The third kappa shape index (κ3) is 3.51. The van der Waals surface area contributed by atoms with Crippen molar-refractivity contribution in [1.82, 2.24) is 5.32 Å². The van der Waals surface area contributed by atoms with Gasteiger partial charge in [-0.15, -0.1) is 11.3 Å². The van der Waals surface area contributed by atoms with Crippen LogP contribution >= 0.6 is 11.3 Å². The van der Waals surface area contributed by atoms with Gasteiger partial charge in [0.05, 0.1) is 0 Å². The largest absolute Gasteiger partial charge is 0.457 e. The van der Waals surface area contributed by atoms with Crippen LogP contribution in [0.5, 0.6) is 11.5 Å². The summed E-state index contributed by atoms with van der Waals surface area (Å²) in [6, 6.07) is 20.3. The van der Waals surface area contributed by atoms with Crippen molar-refractivity contribution >= 4 is 11.3 Å². The molecule has 0 aliphatic heterocycles. The van der Waals surface area contributed by atoms with Crippen LogP contribution in [0, 0.1) is 0 Å². The maximum atomic E-state index is 5.81. The molecule has 1 N–H and O–H groups in total. The molecule has 0 saturated carbocycles. The van der Waals surface area contributed by atoms with Crippen LogP contribution in [0.4, 0.5) is 0 Å². The first-order valence-electron chi connectivity index (χ1n) is 6.90. The Morgan fingerprint density at radius 2 is 1.62 bits per heavy atom. The van der Waals surface area contributed by atoms with E-state index in [4.69, 9.17) is 4.74 Å². The fraction of sp³-hybridized carbons (Fsp3) is 0.111. The number of hydrogen-bond donors (Lipinski definition) is 1. The number of ether oxygens (including phenoxy) is 1.